The van der Waals surface area contributed by atoms with Gasteiger partial charge < -0.3 is 5.32 Å². The van der Waals surface area contributed by atoms with Gasteiger partial charge in [0.25, 0.3) is 0 Å². The maximum absolute atomic E-state index is 4.32. The maximum Gasteiger partial charge on any atom is 0.0353 e. The average molecular weight is 260 g/mol. The molecule has 1 atom stereocenters. The Morgan fingerprint density at radius 2 is 1.80 bits per heavy atom. The molecule has 0 fully saturated rings. The normalized spacial score (nSPS) is 17.8. The summed E-state index contributed by atoms with van der Waals surface area (Å²) in [4.78, 5) is 4.32. The number of hydrogen-bond donors (Lipinski definition) is 1. The van der Waals surface area contributed by atoms with Crippen molar-refractivity contribution in [2.24, 2.45) is 0 Å². The summed E-state index contributed by atoms with van der Waals surface area (Å²) in [7, 11) is 0. The number of nitrogens with one attached hydrogen (secondary N) is 1. The molecule has 20 heavy (non-hydrogen) atoms. The van der Waals surface area contributed by atoms with Crippen LogP contribution in [0.3, 0.4) is 0 Å². The molecule has 3 aromatic rings. The zero-order valence-corrected chi connectivity index (χ0v) is 11.4. The lowest BCUT2D eigenvalue weighted by atomic mass is 9.99. The summed E-state index contributed by atoms with van der Waals surface area (Å²) in [5, 5.41) is 11.2. The minimum absolute atomic E-state index is 0.466. The SMILES string of the molecule is CC1CC=c2c(c3cnccc3c3ccccc23)=CN1. The first kappa shape index (κ1) is 11.5. The molecule has 2 heterocycles. The number of rotatable bonds is 0. The molecule has 0 saturated carbocycles. The van der Waals surface area contributed by atoms with Crippen molar-refractivity contribution in [1.82, 2.24) is 10.3 Å². The van der Waals surface area contributed by atoms with Crippen LogP contribution >= 0.6 is 0 Å². The lowest BCUT2D eigenvalue weighted by Gasteiger charge is -2.06. The Labute approximate surface area is 117 Å². The van der Waals surface area contributed by atoms with E-state index < -0.39 is 0 Å². The summed E-state index contributed by atoms with van der Waals surface area (Å²) >= 11 is 0. The topological polar surface area (TPSA) is 24.9 Å². The van der Waals surface area contributed by atoms with Crippen molar-refractivity contribution < 1.29 is 0 Å². The summed E-state index contributed by atoms with van der Waals surface area (Å²) in [5.41, 5.74) is 0. The zero-order valence-electron chi connectivity index (χ0n) is 11.4. The first-order chi connectivity index (χ1) is 9.84. The number of nitrogens with zero attached hydrogens (tertiary/aromatic N) is 1. The Kier molecular flexibility index (Phi) is 2.49. The number of aromatic nitrogens is 1. The van der Waals surface area contributed by atoms with E-state index >= 15 is 0 Å². The van der Waals surface area contributed by atoms with Gasteiger partial charge >= 0.3 is 0 Å². The van der Waals surface area contributed by atoms with E-state index in [0.717, 1.165) is 6.42 Å². The van der Waals surface area contributed by atoms with Crippen molar-refractivity contribution >= 4 is 33.8 Å². The molecule has 4 rings (SSSR count). The van der Waals surface area contributed by atoms with Crippen LogP contribution in [-0.4, -0.2) is 11.0 Å². The van der Waals surface area contributed by atoms with Crippen LogP contribution in [0.2, 0.25) is 0 Å². The van der Waals surface area contributed by atoms with Gasteiger partial charge in [0, 0.05) is 35.2 Å². The summed E-state index contributed by atoms with van der Waals surface area (Å²) in [5.74, 6) is 0. The smallest absolute Gasteiger partial charge is 0.0353 e. The third-order valence-corrected chi connectivity index (χ3v) is 4.10. The fourth-order valence-electron chi connectivity index (χ4n) is 3.05. The molecule has 0 aliphatic carbocycles. The number of pyridine rings is 1. The van der Waals surface area contributed by atoms with Gasteiger partial charge in [0.1, 0.15) is 0 Å². The quantitative estimate of drug-likeness (QED) is 0.627. The monoisotopic (exact) mass is 260 g/mol. The largest absolute Gasteiger partial charge is 0.388 e. The number of hydrogen-bond acceptors (Lipinski definition) is 2. The number of fused-ring (bicyclic) bond motifs is 6. The highest BCUT2D eigenvalue weighted by molar-refractivity contribution is 6.07. The van der Waals surface area contributed by atoms with E-state index in [1.165, 1.54) is 32.0 Å². The molecule has 1 unspecified atom stereocenters. The van der Waals surface area contributed by atoms with Crippen LogP contribution in [0.1, 0.15) is 13.3 Å². The van der Waals surface area contributed by atoms with Gasteiger partial charge in [-0.05, 0) is 40.8 Å². The fourth-order valence-corrected chi connectivity index (χ4v) is 3.05. The molecule has 0 bridgehead atoms. The summed E-state index contributed by atoms with van der Waals surface area (Å²) in [6.07, 6.45) is 9.39. The van der Waals surface area contributed by atoms with E-state index in [0.29, 0.717) is 6.04 Å². The highest BCUT2D eigenvalue weighted by Crippen LogP contribution is 2.19. The summed E-state index contributed by atoms with van der Waals surface area (Å²) in [6.45, 7) is 2.21. The second kappa shape index (κ2) is 4.34. The predicted molar refractivity (Wildman–Crippen MR) is 84.6 cm³/mol. The highest BCUT2D eigenvalue weighted by atomic mass is 14.9. The van der Waals surface area contributed by atoms with E-state index in [1.807, 2.05) is 12.4 Å². The standard InChI is InChI=1S/C18H16N2/c1-12-6-7-15-13-4-2-3-5-14(13)16-8-9-19-10-17(16)18(15)11-20-12/h2-5,7-12,20H,6H2,1H3. The second-order valence-electron chi connectivity index (χ2n) is 5.45. The Balaban J connectivity index is 2.34. The fraction of sp³-hybridized carbons (Fsp3) is 0.167. The van der Waals surface area contributed by atoms with Crippen molar-refractivity contribution in [3.8, 4) is 0 Å². The molecule has 1 aliphatic heterocycles. The molecule has 1 aliphatic rings. The van der Waals surface area contributed by atoms with Gasteiger partial charge in [0.15, 0.2) is 0 Å². The minimum Gasteiger partial charge on any atom is -0.388 e. The summed E-state index contributed by atoms with van der Waals surface area (Å²) < 4.78 is 0. The third-order valence-electron chi connectivity index (χ3n) is 4.10. The molecule has 1 aromatic heterocycles. The Morgan fingerprint density at radius 1 is 1.00 bits per heavy atom. The average Bonchev–Trinajstić information content (AvgIpc) is 2.70. The van der Waals surface area contributed by atoms with Gasteiger partial charge in [-0.2, -0.15) is 0 Å². The molecular weight excluding hydrogens is 244 g/mol. The van der Waals surface area contributed by atoms with Crippen LogP contribution in [0, 0.1) is 0 Å². The van der Waals surface area contributed by atoms with Gasteiger partial charge in [0.2, 0.25) is 0 Å². The Morgan fingerprint density at radius 3 is 2.70 bits per heavy atom. The zero-order chi connectivity index (χ0) is 13.5. The van der Waals surface area contributed by atoms with Crippen LogP contribution < -0.4 is 15.8 Å². The van der Waals surface area contributed by atoms with E-state index in [4.69, 9.17) is 0 Å². The van der Waals surface area contributed by atoms with E-state index in [2.05, 4.69) is 59.8 Å². The molecule has 0 spiro atoms. The van der Waals surface area contributed by atoms with Gasteiger partial charge in [-0.1, -0.05) is 30.3 Å². The van der Waals surface area contributed by atoms with E-state index in [9.17, 15) is 0 Å². The molecule has 1 N–H and O–H groups in total. The molecule has 2 heteroatoms. The predicted octanol–water partition coefficient (Wildman–Crippen LogP) is 2.29. The highest BCUT2D eigenvalue weighted by Gasteiger charge is 2.08. The molecular formula is C18H16N2. The molecule has 0 saturated heterocycles. The van der Waals surface area contributed by atoms with Crippen molar-refractivity contribution in [1.29, 1.82) is 0 Å². The summed E-state index contributed by atoms with van der Waals surface area (Å²) in [6, 6.07) is 11.2. The first-order valence-electron chi connectivity index (χ1n) is 7.05. The van der Waals surface area contributed by atoms with Crippen LogP contribution in [0.5, 0.6) is 0 Å². The Hall–Kier alpha value is -2.35. The number of benzene rings is 2. The van der Waals surface area contributed by atoms with Crippen molar-refractivity contribution in [3.63, 3.8) is 0 Å². The minimum atomic E-state index is 0.466. The lowest BCUT2D eigenvalue weighted by Crippen LogP contribution is -2.28. The Bertz CT molecular complexity index is 848. The molecule has 2 nitrogen and oxygen atoms in total. The van der Waals surface area contributed by atoms with E-state index in [1.54, 1.807) is 0 Å². The van der Waals surface area contributed by atoms with Crippen molar-refractivity contribution in [2.45, 2.75) is 19.4 Å². The van der Waals surface area contributed by atoms with Crippen molar-refractivity contribution in [3.05, 3.63) is 53.2 Å². The second-order valence-corrected chi connectivity index (χ2v) is 5.45. The van der Waals surface area contributed by atoms with Crippen LogP contribution in [0.25, 0.3) is 33.8 Å². The molecule has 0 amide bonds. The van der Waals surface area contributed by atoms with Crippen LogP contribution in [0.15, 0.2) is 42.7 Å². The molecule has 2 aromatic carbocycles. The van der Waals surface area contributed by atoms with Gasteiger partial charge in [-0.15, -0.1) is 0 Å². The van der Waals surface area contributed by atoms with Gasteiger partial charge in [-0.3, -0.25) is 4.98 Å². The van der Waals surface area contributed by atoms with Gasteiger partial charge in [0.05, 0.1) is 0 Å². The van der Waals surface area contributed by atoms with Crippen LogP contribution in [0.4, 0.5) is 0 Å². The lowest BCUT2D eigenvalue weighted by molar-refractivity contribution is 0.689. The third kappa shape index (κ3) is 1.61. The first-order valence-corrected chi connectivity index (χ1v) is 7.05. The maximum atomic E-state index is 4.32. The van der Waals surface area contributed by atoms with E-state index in [-0.39, 0.29) is 0 Å². The van der Waals surface area contributed by atoms with Crippen LogP contribution in [-0.2, 0) is 0 Å². The molecule has 98 valence electrons. The van der Waals surface area contributed by atoms with Crippen molar-refractivity contribution in [2.75, 3.05) is 0 Å². The molecule has 0 radical (unpaired) electrons. The van der Waals surface area contributed by atoms with Gasteiger partial charge in [-0.25, -0.2) is 0 Å².